The number of carbonyl (C=O) groups excluding carboxylic acids is 1. The highest BCUT2D eigenvalue weighted by Crippen LogP contribution is 2.20. The van der Waals surface area contributed by atoms with E-state index < -0.39 is 0 Å². The van der Waals surface area contributed by atoms with Gasteiger partial charge in [0.2, 0.25) is 0 Å². The number of pyridine rings is 1. The van der Waals surface area contributed by atoms with E-state index in [0.717, 1.165) is 5.69 Å². The van der Waals surface area contributed by atoms with Gasteiger partial charge in [-0.1, -0.05) is 34.6 Å². The molecule has 0 aliphatic carbocycles. The molecule has 1 aromatic heterocycles. The van der Waals surface area contributed by atoms with E-state index in [1.54, 1.807) is 6.07 Å². The Labute approximate surface area is 115 Å². The molecule has 1 unspecified atom stereocenters. The Bertz CT molecular complexity index is 461. The lowest BCUT2D eigenvalue weighted by molar-refractivity contribution is 0.0910. The van der Waals surface area contributed by atoms with Gasteiger partial charge in [-0.15, -0.1) is 0 Å². The van der Waals surface area contributed by atoms with Gasteiger partial charge < -0.3 is 11.1 Å². The molecule has 1 rings (SSSR count). The van der Waals surface area contributed by atoms with Crippen molar-refractivity contribution in [3.05, 3.63) is 23.4 Å². The summed E-state index contributed by atoms with van der Waals surface area (Å²) in [5, 5.41) is 3.01. The number of hydrogen-bond donors (Lipinski definition) is 2. The second-order valence-electron chi connectivity index (χ2n) is 6.42. The number of nitrogens with two attached hydrogens (primary N) is 1. The first kappa shape index (κ1) is 15.5. The summed E-state index contributed by atoms with van der Waals surface area (Å²) < 4.78 is 0. The standard InChI is InChI=1S/C15H25N3O/c1-9(2)12-7-11(8-13(16)18-12)14(19)17-10(3)15(4,5)6/h7-10H,1-6H3,(H2,16,18)(H,17,19). The van der Waals surface area contributed by atoms with Crippen LogP contribution in [0, 0.1) is 5.41 Å². The third kappa shape index (κ3) is 4.23. The molecule has 1 aromatic rings. The molecular formula is C15H25N3O. The van der Waals surface area contributed by atoms with Crippen molar-refractivity contribution in [3.63, 3.8) is 0 Å². The molecule has 19 heavy (non-hydrogen) atoms. The topological polar surface area (TPSA) is 68.0 Å². The molecule has 0 spiro atoms. The highest BCUT2D eigenvalue weighted by atomic mass is 16.1. The number of anilines is 1. The van der Waals surface area contributed by atoms with Gasteiger partial charge in [0.25, 0.3) is 5.91 Å². The number of carbonyl (C=O) groups is 1. The number of rotatable bonds is 3. The smallest absolute Gasteiger partial charge is 0.251 e. The van der Waals surface area contributed by atoms with Crippen LogP contribution in [0.1, 0.15) is 63.5 Å². The van der Waals surface area contributed by atoms with Crippen LogP contribution in [0.5, 0.6) is 0 Å². The van der Waals surface area contributed by atoms with E-state index in [9.17, 15) is 4.79 Å². The summed E-state index contributed by atoms with van der Waals surface area (Å²) >= 11 is 0. The van der Waals surface area contributed by atoms with Crippen LogP contribution in [0.25, 0.3) is 0 Å². The average molecular weight is 263 g/mol. The van der Waals surface area contributed by atoms with Crippen molar-refractivity contribution in [2.75, 3.05) is 5.73 Å². The molecule has 4 heteroatoms. The van der Waals surface area contributed by atoms with E-state index in [1.807, 2.05) is 26.8 Å². The van der Waals surface area contributed by atoms with E-state index in [-0.39, 0.29) is 23.3 Å². The van der Waals surface area contributed by atoms with Gasteiger partial charge in [0, 0.05) is 17.3 Å². The molecule has 0 aliphatic rings. The summed E-state index contributed by atoms with van der Waals surface area (Å²) in [6, 6.07) is 3.51. The Balaban J connectivity index is 2.94. The summed E-state index contributed by atoms with van der Waals surface area (Å²) in [4.78, 5) is 16.5. The van der Waals surface area contributed by atoms with Crippen molar-refractivity contribution in [2.24, 2.45) is 5.41 Å². The zero-order valence-corrected chi connectivity index (χ0v) is 12.7. The first-order valence-corrected chi connectivity index (χ1v) is 6.69. The lowest BCUT2D eigenvalue weighted by Gasteiger charge is -2.28. The van der Waals surface area contributed by atoms with E-state index in [4.69, 9.17) is 5.73 Å². The van der Waals surface area contributed by atoms with Crippen molar-refractivity contribution < 1.29 is 4.79 Å². The molecule has 1 amide bonds. The minimum Gasteiger partial charge on any atom is -0.384 e. The van der Waals surface area contributed by atoms with Crippen LogP contribution in [0.4, 0.5) is 5.82 Å². The maximum atomic E-state index is 12.2. The van der Waals surface area contributed by atoms with Crippen molar-refractivity contribution in [1.82, 2.24) is 10.3 Å². The first-order valence-electron chi connectivity index (χ1n) is 6.69. The van der Waals surface area contributed by atoms with Crippen molar-refractivity contribution >= 4 is 11.7 Å². The second-order valence-corrected chi connectivity index (χ2v) is 6.42. The Hall–Kier alpha value is -1.58. The van der Waals surface area contributed by atoms with Crippen molar-refractivity contribution in [2.45, 2.75) is 53.5 Å². The Morgan fingerprint density at radius 2 is 1.84 bits per heavy atom. The molecule has 0 saturated carbocycles. The van der Waals surface area contributed by atoms with Gasteiger partial charge in [-0.25, -0.2) is 4.98 Å². The van der Waals surface area contributed by atoms with Gasteiger partial charge in [0.1, 0.15) is 5.82 Å². The van der Waals surface area contributed by atoms with E-state index >= 15 is 0 Å². The third-order valence-corrected chi connectivity index (χ3v) is 3.37. The molecule has 4 nitrogen and oxygen atoms in total. The first-order chi connectivity index (χ1) is 8.61. The van der Waals surface area contributed by atoms with Gasteiger partial charge in [-0.2, -0.15) is 0 Å². The number of hydrogen-bond acceptors (Lipinski definition) is 3. The minimum absolute atomic E-state index is 0.0229. The molecule has 106 valence electrons. The van der Waals surface area contributed by atoms with Crippen LogP contribution >= 0.6 is 0 Å². The maximum Gasteiger partial charge on any atom is 0.251 e. The van der Waals surface area contributed by atoms with Crippen LogP contribution in [0.2, 0.25) is 0 Å². The SMILES string of the molecule is CC(C)c1cc(C(=O)NC(C)C(C)(C)C)cc(N)n1. The van der Waals surface area contributed by atoms with Gasteiger partial charge in [0.15, 0.2) is 0 Å². The van der Waals surface area contributed by atoms with E-state index in [2.05, 4.69) is 31.1 Å². The maximum absolute atomic E-state index is 12.2. The number of nitrogens with zero attached hydrogens (tertiary/aromatic N) is 1. The van der Waals surface area contributed by atoms with Gasteiger partial charge in [-0.3, -0.25) is 4.79 Å². The number of nitrogen functional groups attached to an aromatic ring is 1. The molecule has 0 bridgehead atoms. The third-order valence-electron chi connectivity index (χ3n) is 3.37. The van der Waals surface area contributed by atoms with Crippen LogP contribution in [0.15, 0.2) is 12.1 Å². The Kier molecular flexibility index (Phi) is 4.56. The molecule has 0 radical (unpaired) electrons. The number of amides is 1. The summed E-state index contributed by atoms with van der Waals surface area (Å²) in [5.41, 5.74) is 7.20. The molecule has 1 heterocycles. The lowest BCUT2D eigenvalue weighted by Crippen LogP contribution is -2.41. The second kappa shape index (κ2) is 5.59. The molecule has 0 aliphatic heterocycles. The van der Waals surface area contributed by atoms with Crippen LogP contribution in [-0.4, -0.2) is 16.9 Å². The lowest BCUT2D eigenvalue weighted by atomic mass is 9.88. The average Bonchev–Trinajstić information content (AvgIpc) is 2.26. The van der Waals surface area contributed by atoms with Crippen molar-refractivity contribution in [3.8, 4) is 0 Å². The fraction of sp³-hybridized carbons (Fsp3) is 0.600. The summed E-state index contributed by atoms with van der Waals surface area (Å²) in [5.74, 6) is 0.535. The van der Waals surface area contributed by atoms with Crippen LogP contribution < -0.4 is 11.1 Å². The molecule has 1 atom stereocenters. The van der Waals surface area contributed by atoms with Gasteiger partial charge >= 0.3 is 0 Å². The number of aromatic nitrogens is 1. The Morgan fingerprint density at radius 3 is 2.32 bits per heavy atom. The molecular weight excluding hydrogens is 238 g/mol. The van der Waals surface area contributed by atoms with Crippen LogP contribution in [-0.2, 0) is 0 Å². The zero-order valence-electron chi connectivity index (χ0n) is 12.7. The minimum atomic E-state index is -0.0987. The van der Waals surface area contributed by atoms with Gasteiger partial charge in [-0.05, 0) is 30.4 Å². The Morgan fingerprint density at radius 1 is 1.26 bits per heavy atom. The van der Waals surface area contributed by atoms with E-state index in [1.165, 1.54) is 0 Å². The normalized spacial score (nSPS) is 13.4. The number of nitrogens with one attached hydrogen (secondary N) is 1. The fourth-order valence-electron chi connectivity index (χ4n) is 1.50. The monoisotopic (exact) mass is 263 g/mol. The summed E-state index contributed by atoms with van der Waals surface area (Å²) in [7, 11) is 0. The molecule has 0 saturated heterocycles. The van der Waals surface area contributed by atoms with Gasteiger partial charge in [0.05, 0.1) is 0 Å². The summed E-state index contributed by atoms with van der Waals surface area (Å²) in [6.07, 6.45) is 0. The predicted octanol–water partition coefficient (Wildman–Crippen LogP) is 2.95. The molecule has 0 fully saturated rings. The highest BCUT2D eigenvalue weighted by Gasteiger charge is 2.22. The van der Waals surface area contributed by atoms with E-state index in [0.29, 0.717) is 11.4 Å². The highest BCUT2D eigenvalue weighted by molar-refractivity contribution is 5.95. The fourth-order valence-corrected chi connectivity index (χ4v) is 1.50. The zero-order chi connectivity index (χ0) is 14.8. The van der Waals surface area contributed by atoms with Crippen LogP contribution in [0.3, 0.4) is 0 Å². The predicted molar refractivity (Wildman–Crippen MR) is 79.1 cm³/mol. The quantitative estimate of drug-likeness (QED) is 0.881. The van der Waals surface area contributed by atoms with Crippen molar-refractivity contribution in [1.29, 1.82) is 0 Å². The largest absolute Gasteiger partial charge is 0.384 e. The molecule has 3 N–H and O–H groups in total. The summed E-state index contributed by atoms with van der Waals surface area (Å²) in [6.45, 7) is 12.4. The molecule has 0 aromatic carbocycles.